The lowest BCUT2D eigenvalue weighted by molar-refractivity contribution is -0.129. The van der Waals surface area contributed by atoms with E-state index in [1.54, 1.807) is 0 Å². The summed E-state index contributed by atoms with van der Waals surface area (Å²) in [7, 11) is 0. The Labute approximate surface area is 88.0 Å². The van der Waals surface area contributed by atoms with Gasteiger partial charge >= 0.3 is 0 Å². The number of aromatic amines is 1. The number of H-pyrrole nitrogens is 1. The molecule has 0 aliphatic carbocycles. The molecule has 0 saturated heterocycles. The summed E-state index contributed by atoms with van der Waals surface area (Å²) >= 11 is 5.54. The van der Waals surface area contributed by atoms with Crippen molar-refractivity contribution < 1.29 is 4.79 Å². The summed E-state index contributed by atoms with van der Waals surface area (Å²) in [4.78, 5) is 16.5. The van der Waals surface area contributed by atoms with E-state index in [2.05, 4.69) is 4.98 Å². The molecule has 1 aromatic heterocycles. The highest BCUT2D eigenvalue weighted by Crippen LogP contribution is 2.17. The van der Waals surface area contributed by atoms with E-state index in [9.17, 15) is 4.79 Å². The highest BCUT2D eigenvalue weighted by molar-refractivity contribution is 6.27. The second-order valence-corrected chi connectivity index (χ2v) is 3.80. The zero-order valence-corrected chi connectivity index (χ0v) is 8.68. The molecule has 2 rings (SSSR count). The van der Waals surface area contributed by atoms with Crippen molar-refractivity contribution >= 4 is 17.5 Å². The van der Waals surface area contributed by atoms with Crippen LogP contribution in [0.25, 0.3) is 0 Å². The first-order chi connectivity index (χ1) is 6.81. The summed E-state index contributed by atoms with van der Waals surface area (Å²) in [5.74, 6) is 0.112. The average Bonchev–Trinajstić information content (AvgIpc) is 2.54. The molecule has 3 nitrogen and oxygen atoms in total. The highest BCUT2D eigenvalue weighted by atomic mass is 35.5. The van der Waals surface area contributed by atoms with Gasteiger partial charge in [0.25, 0.3) is 0 Å². The monoisotopic (exact) mass is 212 g/mol. The SMILES string of the molecule is O=C(CCl)N1CCCc2[nH]ccc2C1. The third-order valence-electron chi connectivity index (χ3n) is 2.61. The lowest BCUT2D eigenvalue weighted by Gasteiger charge is -2.18. The Morgan fingerprint density at radius 2 is 2.50 bits per heavy atom. The Balaban J connectivity index is 2.15. The van der Waals surface area contributed by atoms with Gasteiger partial charge in [0.15, 0.2) is 0 Å². The van der Waals surface area contributed by atoms with Gasteiger partial charge in [0.2, 0.25) is 5.91 Å². The average molecular weight is 213 g/mol. The standard InChI is InChI=1S/C10H13ClN2O/c11-6-10(14)13-5-1-2-9-8(7-13)3-4-12-9/h3-4,12H,1-2,5-7H2. The molecule has 14 heavy (non-hydrogen) atoms. The minimum Gasteiger partial charge on any atom is -0.365 e. The zero-order chi connectivity index (χ0) is 9.97. The third kappa shape index (κ3) is 1.77. The first-order valence-electron chi connectivity index (χ1n) is 4.80. The molecule has 1 aliphatic rings. The van der Waals surface area contributed by atoms with Crippen LogP contribution in [0.1, 0.15) is 17.7 Å². The number of nitrogens with one attached hydrogen (secondary N) is 1. The maximum atomic E-state index is 11.4. The van der Waals surface area contributed by atoms with Crippen LogP contribution in [-0.2, 0) is 17.8 Å². The molecule has 0 unspecified atom stereocenters. The van der Waals surface area contributed by atoms with Crippen molar-refractivity contribution in [3.8, 4) is 0 Å². The van der Waals surface area contributed by atoms with Gasteiger partial charge in [-0.15, -0.1) is 11.6 Å². The fourth-order valence-electron chi connectivity index (χ4n) is 1.85. The molecule has 0 radical (unpaired) electrons. The van der Waals surface area contributed by atoms with E-state index in [1.807, 2.05) is 17.2 Å². The number of carbonyl (C=O) groups excluding carboxylic acids is 1. The summed E-state index contributed by atoms with van der Waals surface area (Å²) in [5.41, 5.74) is 2.48. The van der Waals surface area contributed by atoms with E-state index in [1.165, 1.54) is 11.3 Å². The van der Waals surface area contributed by atoms with E-state index < -0.39 is 0 Å². The quantitative estimate of drug-likeness (QED) is 0.705. The lowest BCUT2D eigenvalue weighted by atomic mass is 10.2. The van der Waals surface area contributed by atoms with E-state index in [4.69, 9.17) is 11.6 Å². The Kier molecular flexibility index (Phi) is 2.77. The maximum absolute atomic E-state index is 11.4. The first kappa shape index (κ1) is 9.59. The summed E-state index contributed by atoms with van der Waals surface area (Å²) < 4.78 is 0. The van der Waals surface area contributed by atoms with Gasteiger partial charge in [0, 0.05) is 25.0 Å². The largest absolute Gasteiger partial charge is 0.365 e. The Bertz CT molecular complexity index is 335. The number of fused-ring (bicyclic) bond motifs is 1. The Morgan fingerprint density at radius 3 is 3.29 bits per heavy atom. The van der Waals surface area contributed by atoms with Crippen LogP contribution >= 0.6 is 11.6 Å². The van der Waals surface area contributed by atoms with Crippen LogP contribution in [0.5, 0.6) is 0 Å². The van der Waals surface area contributed by atoms with Gasteiger partial charge in [-0.3, -0.25) is 4.79 Å². The molecule has 0 aromatic carbocycles. The van der Waals surface area contributed by atoms with Crippen molar-refractivity contribution in [2.24, 2.45) is 0 Å². The molecule has 0 spiro atoms. The van der Waals surface area contributed by atoms with Gasteiger partial charge in [-0.05, 0) is 24.5 Å². The molecule has 1 aliphatic heterocycles. The minimum absolute atomic E-state index is 0.0284. The predicted octanol–water partition coefficient (Wildman–Crippen LogP) is 1.53. The number of amides is 1. The number of halogens is 1. The fourth-order valence-corrected chi connectivity index (χ4v) is 2.01. The van der Waals surface area contributed by atoms with Crippen molar-refractivity contribution in [1.82, 2.24) is 9.88 Å². The first-order valence-corrected chi connectivity index (χ1v) is 5.33. The molecule has 1 aromatic rings. The normalized spacial score (nSPS) is 16.2. The van der Waals surface area contributed by atoms with Gasteiger partial charge in [-0.25, -0.2) is 0 Å². The Morgan fingerprint density at radius 1 is 1.64 bits per heavy atom. The van der Waals surface area contributed by atoms with Crippen LogP contribution in [0.3, 0.4) is 0 Å². The predicted molar refractivity (Wildman–Crippen MR) is 55.3 cm³/mol. The molecule has 2 heterocycles. The number of nitrogens with zero attached hydrogens (tertiary/aromatic N) is 1. The molecule has 1 amide bonds. The van der Waals surface area contributed by atoms with Crippen molar-refractivity contribution in [3.05, 3.63) is 23.5 Å². The fraction of sp³-hybridized carbons (Fsp3) is 0.500. The second kappa shape index (κ2) is 4.05. The van der Waals surface area contributed by atoms with Crippen LogP contribution in [0, 0.1) is 0 Å². The maximum Gasteiger partial charge on any atom is 0.237 e. The number of aryl methyl sites for hydroxylation is 1. The number of hydrogen-bond donors (Lipinski definition) is 1. The molecular formula is C10H13ClN2O. The molecule has 0 fully saturated rings. The van der Waals surface area contributed by atoms with Gasteiger partial charge in [-0.1, -0.05) is 0 Å². The number of hydrogen-bond acceptors (Lipinski definition) is 1. The van der Waals surface area contributed by atoms with Crippen molar-refractivity contribution in [1.29, 1.82) is 0 Å². The summed E-state index contributed by atoms with van der Waals surface area (Å²) in [5, 5.41) is 0. The smallest absolute Gasteiger partial charge is 0.237 e. The van der Waals surface area contributed by atoms with Crippen LogP contribution in [0.4, 0.5) is 0 Å². The summed E-state index contributed by atoms with van der Waals surface area (Å²) in [6.07, 6.45) is 3.96. The third-order valence-corrected chi connectivity index (χ3v) is 2.84. The lowest BCUT2D eigenvalue weighted by Crippen LogP contribution is -2.31. The van der Waals surface area contributed by atoms with Crippen molar-refractivity contribution in [2.75, 3.05) is 12.4 Å². The van der Waals surface area contributed by atoms with Gasteiger partial charge in [0.05, 0.1) is 0 Å². The number of aromatic nitrogens is 1. The van der Waals surface area contributed by atoms with Crippen LogP contribution in [-0.4, -0.2) is 28.2 Å². The molecule has 4 heteroatoms. The number of alkyl halides is 1. The molecule has 0 bridgehead atoms. The van der Waals surface area contributed by atoms with E-state index in [0.29, 0.717) is 6.54 Å². The molecule has 0 saturated carbocycles. The zero-order valence-electron chi connectivity index (χ0n) is 7.92. The van der Waals surface area contributed by atoms with E-state index >= 15 is 0 Å². The van der Waals surface area contributed by atoms with Crippen LogP contribution in [0.2, 0.25) is 0 Å². The van der Waals surface area contributed by atoms with E-state index in [0.717, 1.165) is 19.4 Å². The second-order valence-electron chi connectivity index (χ2n) is 3.53. The van der Waals surface area contributed by atoms with Crippen LogP contribution in [0.15, 0.2) is 12.3 Å². The van der Waals surface area contributed by atoms with Crippen molar-refractivity contribution in [3.63, 3.8) is 0 Å². The van der Waals surface area contributed by atoms with Gasteiger partial charge < -0.3 is 9.88 Å². The summed E-state index contributed by atoms with van der Waals surface area (Å²) in [6, 6.07) is 2.04. The molecule has 0 atom stereocenters. The topological polar surface area (TPSA) is 36.1 Å². The number of rotatable bonds is 1. The van der Waals surface area contributed by atoms with Crippen LogP contribution < -0.4 is 0 Å². The molecule has 76 valence electrons. The summed E-state index contributed by atoms with van der Waals surface area (Å²) in [6.45, 7) is 1.51. The molecule has 1 N–H and O–H groups in total. The van der Waals surface area contributed by atoms with Gasteiger partial charge in [0.1, 0.15) is 5.88 Å². The Hall–Kier alpha value is -0.960. The molecular weight excluding hydrogens is 200 g/mol. The van der Waals surface area contributed by atoms with Crippen molar-refractivity contribution in [2.45, 2.75) is 19.4 Å². The van der Waals surface area contributed by atoms with Gasteiger partial charge in [-0.2, -0.15) is 0 Å². The number of carbonyl (C=O) groups is 1. The van der Waals surface area contributed by atoms with E-state index in [-0.39, 0.29) is 11.8 Å². The minimum atomic E-state index is 0.0284. The highest BCUT2D eigenvalue weighted by Gasteiger charge is 2.18.